The van der Waals surface area contributed by atoms with Gasteiger partial charge in [0.15, 0.2) is 0 Å². The van der Waals surface area contributed by atoms with Gasteiger partial charge in [-0.15, -0.1) is 0 Å². The Labute approximate surface area is 120 Å². The monoisotopic (exact) mass is 273 g/mol. The van der Waals surface area contributed by atoms with Crippen molar-refractivity contribution >= 4 is 0 Å². The summed E-state index contributed by atoms with van der Waals surface area (Å²) < 4.78 is 5.12. The molecule has 0 spiro atoms. The van der Waals surface area contributed by atoms with Crippen LogP contribution in [0, 0.1) is 0 Å². The number of nitrogens with zero attached hydrogens (tertiary/aromatic N) is 3. The van der Waals surface area contributed by atoms with Crippen molar-refractivity contribution in [1.82, 2.24) is 14.7 Å². The summed E-state index contributed by atoms with van der Waals surface area (Å²) >= 11 is 0. The molecule has 1 aliphatic rings. The quantitative estimate of drug-likeness (QED) is 0.669. The van der Waals surface area contributed by atoms with E-state index in [0.29, 0.717) is 0 Å². The molecule has 0 aromatic heterocycles. The second-order valence-corrected chi connectivity index (χ2v) is 4.70. The highest BCUT2D eigenvalue weighted by atomic mass is 16.5. The molecule has 116 valence electrons. The summed E-state index contributed by atoms with van der Waals surface area (Å²) in [5.74, 6) is 0. The van der Waals surface area contributed by atoms with Crippen LogP contribution in [0.5, 0.6) is 0 Å². The van der Waals surface area contributed by atoms with Crippen molar-refractivity contribution in [2.45, 2.75) is 27.7 Å². The molecule has 4 nitrogen and oxygen atoms in total. The Balaban J connectivity index is 0.00000154. The highest BCUT2D eigenvalue weighted by Crippen LogP contribution is 2.01. The van der Waals surface area contributed by atoms with Crippen molar-refractivity contribution in [1.29, 1.82) is 0 Å². The Morgan fingerprint density at radius 2 is 1.37 bits per heavy atom. The number of ether oxygens (including phenoxy) is 1. The average Bonchev–Trinajstić information content (AvgIpc) is 2.49. The third-order valence-corrected chi connectivity index (χ3v) is 3.70. The molecule has 0 atom stereocenters. The van der Waals surface area contributed by atoms with Gasteiger partial charge in [-0.25, -0.2) is 0 Å². The topological polar surface area (TPSA) is 19.0 Å². The van der Waals surface area contributed by atoms with Gasteiger partial charge in [-0.3, -0.25) is 9.80 Å². The number of piperazine rings is 1. The highest BCUT2D eigenvalue weighted by molar-refractivity contribution is 4.72. The second-order valence-electron chi connectivity index (χ2n) is 4.70. The zero-order valence-electron chi connectivity index (χ0n) is 13.8. The van der Waals surface area contributed by atoms with Crippen LogP contribution in [0.4, 0.5) is 0 Å². The molecule has 1 heterocycles. The molecule has 0 unspecified atom stereocenters. The molecular weight excluding hydrogens is 238 g/mol. The van der Waals surface area contributed by atoms with E-state index in [0.717, 1.165) is 13.2 Å². The van der Waals surface area contributed by atoms with E-state index in [2.05, 4.69) is 28.5 Å². The first kappa shape index (κ1) is 18.8. The van der Waals surface area contributed by atoms with Gasteiger partial charge in [0.1, 0.15) is 0 Å². The Morgan fingerprint density at radius 3 is 1.79 bits per heavy atom. The maximum Gasteiger partial charge on any atom is 0.0589 e. The van der Waals surface area contributed by atoms with E-state index in [4.69, 9.17) is 4.74 Å². The number of hydrogen-bond donors (Lipinski definition) is 0. The van der Waals surface area contributed by atoms with E-state index >= 15 is 0 Å². The van der Waals surface area contributed by atoms with Crippen molar-refractivity contribution in [2.24, 2.45) is 0 Å². The smallest absolute Gasteiger partial charge is 0.0589 e. The zero-order valence-corrected chi connectivity index (χ0v) is 13.8. The van der Waals surface area contributed by atoms with Gasteiger partial charge < -0.3 is 9.64 Å². The Bertz CT molecular complexity index is 178. The van der Waals surface area contributed by atoms with Crippen LogP contribution in [0.15, 0.2) is 0 Å². The maximum absolute atomic E-state index is 5.12. The first-order chi connectivity index (χ1) is 9.30. The fraction of sp³-hybridized carbons (Fsp3) is 1.00. The lowest BCUT2D eigenvalue weighted by atomic mass is 10.3. The Kier molecular flexibility index (Phi) is 12.7. The van der Waals surface area contributed by atoms with Crippen molar-refractivity contribution < 1.29 is 4.74 Å². The second kappa shape index (κ2) is 12.9. The van der Waals surface area contributed by atoms with Gasteiger partial charge in [0, 0.05) is 52.9 Å². The van der Waals surface area contributed by atoms with Crippen molar-refractivity contribution in [3.8, 4) is 0 Å². The summed E-state index contributed by atoms with van der Waals surface area (Å²) in [4.78, 5) is 7.58. The summed E-state index contributed by atoms with van der Waals surface area (Å²) in [6.07, 6.45) is 0. The van der Waals surface area contributed by atoms with Crippen LogP contribution < -0.4 is 0 Å². The molecule has 0 bridgehead atoms. The van der Waals surface area contributed by atoms with Crippen molar-refractivity contribution in [3.63, 3.8) is 0 Å². The molecule has 0 saturated carbocycles. The molecule has 4 heteroatoms. The van der Waals surface area contributed by atoms with E-state index in [1.165, 1.54) is 52.4 Å². The van der Waals surface area contributed by atoms with E-state index in [-0.39, 0.29) is 0 Å². The number of rotatable bonds is 8. The van der Waals surface area contributed by atoms with E-state index in [9.17, 15) is 0 Å². The lowest BCUT2D eigenvalue weighted by molar-refractivity contribution is 0.0913. The fourth-order valence-corrected chi connectivity index (χ4v) is 2.28. The first-order valence-corrected chi connectivity index (χ1v) is 7.96. The lowest BCUT2D eigenvalue weighted by Crippen LogP contribution is -2.49. The molecule has 1 rings (SSSR count). The number of likely N-dealkylation sites (N-methyl/N-ethyl adjacent to an activating group) is 1. The van der Waals surface area contributed by atoms with E-state index in [1.54, 1.807) is 7.11 Å². The molecule has 0 radical (unpaired) electrons. The molecule has 19 heavy (non-hydrogen) atoms. The summed E-state index contributed by atoms with van der Waals surface area (Å²) in [7, 11) is 1.78. The molecule has 1 fully saturated rings. The average molecular weight is 273 g/mol. The van der Waals surface area contributed by atoms with Crippen LogP contribution in [0.2, 0.25) is 0 Å². The predicted octanol–water partition coefficient (Wildman–Crippen LogP) is 1.62. The molecule has 0 aromatic carbocycles. The van der Waals surface area contributed by atoms with Gasteiger partial charge in [-0.1, -0.05) is 27.7 Å². The predicted molar refractivity (Wildman–Crippen MR) is 83.9 cm³/mol. The largest absolute Gasteiger partial charge is 0.383 e. The third-order valence-electron chi connectivity index (χ3n) is 3.70. The van der Waals surface area contributed by atoms with Crippen molar-refractivity contribution in [3.05, 3.63) is 0 Å². The zero-order chi connectivity index (χ0) is 14.5. The molecule has 1 saturated heterocycles. The van der Waals surface area contributed by atoms with Crippen LogP contribution in [0.25, 0.3) is 0 Å². The molecular formula is C15H35N3O. The maximum atomic E-state index is 5.12. The Hall–Kier alpha value is -0.160. The molecule has 0 aromatic rings. The molecule has 1 aliphatic heterocycles. The minimum atomic E-state index is 0.861. The first-order valence-electron chi connectivity index (χ1n) is 7.96. The standard InChI is InChI=1S/C13H29N3O.C2H6/c1-4-14(5-2)6-7-15-8-10-16(11-9-15)12-13-17-3;1-2/h4-13H2,1-3H3;1-2H3. The van der Waals surface area contributed by atoms with Gasteiger partial charge in [0.05, 0.1) is 6.61 Å². The number of hydrogen-bond acceptors (Lipinski definition) is 4. The summed E-state index contributed by atoms with van der Waals surface area (Å²) in [5.41, 5.74) is 0. The van der Waals surface area contributed by atoms with Crippen LogP contribution in [-0.2, 0) is 4.74 Å². The summed E-state index contributed by atoms with van der Waals surface area (Å²) in [6.45, 7) is 20.0. The molecule has 0 amide bonds. The van der Waals surface area contributed by atoms with E-state index in [1.807, 2.05) is 13.8 Å². The lowest BCUT2D eigenvalue weighted by Gasteiger charge is -2.35. The minimum absolute atomic E-state index is 0.861. The Morgan fingerprint density at radius 1 is 0.895 bits per heavy atom. The van der Waals surface area contributed by atoms with Crippen LogP contribution in [-0.4, -0.2) is 87.3 Å². The normalized spacial score (nSPS) is 17.4. The van der Waals surface area contributed by atoms with Gasteiger partial charge >= 0.3 is 0 Å². The SMILES string of the molecule is CC.CCN(CC)CCN1CCN(CCOC)CC1. The summed E-state index contributed by atoms with van der Waals surface area (Å²) in [6, 6.07) is 0. The van der Waals surface area contributed by atoms with Crippen LogP contribution in [0.3, 0.4) is 0 Å². The van der Waals surface area contributed by atoms with Gasteiger partial charge in [-0.2, -0.15) is 0 Å². The fourth-order valence-electron chi connectivity index (χ4n) is 2.28. The summed E-state index contributed by atoms with van der Waals surface area (Å²) in [5, 5.41) is 0. The van der Waals surface area contributed by atoms with Crippen LogP contribution in [0.1, 0.15) is 27.7 Å². The molecule has 0 N–H and O–H groups in total. The van der Waals surface area contributed by atoms with E-state index < -0.39 is 0 Å². The molecule has 0 aliphatic carbocycles. The van der Waals surface area contributed by atoms with Crippen molar-refractivity contribution in [2.75, 3.05) is 72.6 Å². The van der Waals surface area contributed by atoms with Gasteiger partial charge in [0.2, 0.25) is 0 Å². The minimum Gasteiger partial charge on any atom is -0.383 e. The number of methoxy groups -OCH3 is 1. The van der Waals surface area contributed by atoms with Gasteiger partial charge in [-0.05, 0) is 13.1 Å². The third kappa shape index (κ3) is 8.58. The van der Waals surface area contributed by atoms with Crippen LogP contribution >= 0.6 is 0 Å². The van der Waals surface area contributed by atoms with Gasteiger partial charge in [0.25, 0.3) is 0 Å². The highest BCUT2D eigenvalue weighted by Gasteiger charge is 2.16.